The second kappa shape index (κ2) is 10.6. The third-order valence-electron chi connectivity index (χ3n) is 3.30. The zero-order valence-corrected chi connectivity index (χ0v) is 16.5. The van der Waals surface area contributed by atoms with Crippen molar-refractivity contribution in [3.05, 3.63) is 97.5 Å². The van der Waals surface area contributed by atoms with Gasteiger partial charge in [0.25, 0.3) is 5.09 Å². The van der Waals surface area contributed by atoms with Crippen LogP contribution in [0.15, 0.2) is 61.2 Å². The average Bonchev–Trinajstić information content (AvgIpc) is 3.13. The molecule has 0 saturated heterocycles. The van der Waals surface area contributed by atoms with E-state index >= 15 is 0 Å². The van der Waals surface area contributed by atoms with Gasteiger partial charge in [0.1, 0.15) is 12.4 Å². The van der Waals surface area contributed by atoms with Gasteiger partial charge in [-0.2, -0.15) is 0 Å². The van der Waals surface area contributed by atoms with Gasteiger partial charge in [0.2, 0.25) is 0 Å². The Morgan fingerprint density at radius 1 is 1.18 bits per heavy atom. The molecule has 3 aromatic rings. The monoisotopic (exact) mass is 441 g/mol. The predicted molar refractivity (Wildman–Crippen MR) is 108 cm³/mol. The molecule has 0 aliphatic heterocycles. The average molecular weight is 443 g/mol. The summed E-state index contributed by atoms with van der Waals surface area (Å²) < 4.78 is 7.78. The maximum Gasteiger partial charge on any atom is 0.291 e. The molecule has 0 aliphatic rings. The number of nitrogens with zero attached hydrogens (tertiary/aromatic N) is 3. The smallest absolute Gasteiger partial charge is 0.291 e. The summed E-state index contributed by atoms with van der Waals surface area (Å²) in [6, 6.07) is 12.8. The van der Waals surface area contributed by atoms with Crippen LogP contribution in [0.2, 0.25) is 15.1 Å². The molecule has 28 heavy (non-hydrogen) atoms. The Kier molecular flexibility index (Phi) is 8.13. The van der Waals surface area contributed by atoms with E-state index in [1.54, 1.807) is 29.2 Å². The minimum absolute atomic E-state index is 0.386. The zero-order chi connectivity index (χ0) is 20.5. The Morgan fingerprint density at radius 2 is 1.82 bits per heavy atom. The van der Waals surface area contributed by atoms with Crippen molar-refractivity contribution in [2.45, 2.75) is 6.61 Å². The van der Waals surface area contributed by atoms with Crippen molar-refractivity contribution < 1.29 is 15.0 Å². The van der Waals surface area contributed by atoms with Crippen LogP contribution in [-0.4, -0.2) is 19.8 Å². The lowest BCUT2D eigenvalue weighted by Gasteiger charge is -2.13. The zero-order valence-electron chi connectivity index (χ0n) is 14.2. The normalized spacial score (nSPS) is 10.8. The van der Waals surface area contributed by atoms with Gasteiger partial charge >= 0.3 is 0 Å². The minimum Gasteiger partial charge on any atom is -0.487 e. The molecule has 0 spiro atoms. The van der Waals surface area contributed by atoms with Crippen LogP contribution in [-0.2, 0) is 11.3 Å². The fourth-order valence-electron chi connectivity index (χ4n) is 2.10. The molecule has 0 aliphatic carbocycles. The van der Waals surface area contributed by atoms with Crippen LogP contribution in [0.3, 0.4) is 0 Å². The third kappa shape index (κ3) is 7.11. The SMILES string of the molecule is Clc1ccc(CO/C(=C\n2ccnc2)c2ccc(Cl)cc2Cl)cc1.O=[N+]([O-])O. The van der Waals surface area contributed by atoms with Crippen molar-refractivity contribution in [3.63, 3.8) is 0 Å². The van der Waals surface area contributed by atoms with Crippen molar-refractivity contribution in [2.75, 3.05) is 0 Å². The largest absolute Gasteiger partial charge is 0.487 e. The van der Waals surface area contributed by atoms with Gasteiger partial charge < -0.3 is 14.5 Å². The highest BCUT2D eigenvalue weighted by atomic mass is 35.5. The van der Waals surface area contributed by atoms with Crippen LogP contribution < -0.4 is 0 Å². The second-order valence-electron chi connectivity index (χ2n) is 5.28. The molecule has 3 rings (SSSR count). The molecule has 1 aromatic heterocycles. The topological polar surface area (TPSA) is 90.4 Å². The molecule has 0 amide bonds. The highest BCUT2D eigenvalue weighted by Gasteiger charge is 2.10. The molecular formula is C18H14Cl3N3O4. The summed E-state index contributed by atoms with van der Waals surface area (Å²) in [5, 5.41) is 15.4. The van der Waals surface area contributed by atoms with Gasteiger partial charge in [-0.1, -0.05) is 46.9 Å². The summed E-state index contributed by atoms with van der Waals surface area (Å²) in [5.74, 6) is 0.615. The lowest BCUT2D eigenvalue weighted by Crippen LogP contribution is -1.97. The van der Waals surface area contributed by atoms with Crippen LogP contribution in [0.5, 0.6) is 0 Å². The number of hydrogen-bond acceptors (Lipinski definition) is 4. The van der Waals surface area contributed by atoms with Crippen LogP contribution in [0, 0.1) is 10.1 Å². The fourth-order valence-corrected chi connectivity index (χ4v) is 2.72. The maximum atomic E-state index is 8.36. The van der Waals surface area contributed by atoms with Crippen molar-refractivity contribution in [1.29, 1.82) is 0 Å². The van der Waals surface area contributed by atoms with Crippen LogP contribution >= 0.6 is 34.8 Å². The van der Waals surface area contributed by atoms with E-state index in [1.807, 2.05) is 42.7 Å². The molecule has 0 saturated carbocycles. The van der Waals surface area contributed by atoms with Gasteiger partial charge in [-0.25, -0.2) is 4.98 Å². The number of halogens is 3. The Hall–Kier alpha value is -2.74. The van der Waals surface area contributed by atoms with E-state index in [0.29, 0.717) is 27.4 Å². The number of rotatable bonds is 5. The molecule has 2 aromatic carbocycles. The van der Waals surface area contributed by atoms with Gasteiger partial charge in [-0.3, -0.25) is 0 Å². The van der Waals surface area contributed by atoms with Crippen molar-refractivity contribution in [3.8, 4) is 0 Å². The van der Waals surface area contributed by atoms with Gasteiger partial charge in [0, 0.05) is 28.0 Å². The van der Waals surface area contributed by atoms with E-state index in [9.17, 15) is 0 Å². The molecule has 146 valence electrons. The molecule has 0 bridgehead atoms. The number of benzene rings is 2. The number of ether oxygens (including phenoxy) is 1. The minimum atomic E-state index is -1.50. The van der Waals surface area contributed by atoms with Gasteiger partial charge in [-0.05, 0) is 35.9 Å². The van der Waals surface area contributed by atoms with Crippen LogP contribution in [0.4, 0.5) is 0 Å². The van der Waals surface area contributed by atoms with E-state index in [4.69, 9.17) is 54.9 Å². The molecule has 0 fully saturated rings. The first kappa shape index (κ1) is 21.6. The first-order valence-corrected chi connectivity index (χ1v) is 8.83. The molecule has 0 atom stereocenters. The standard InChI is InChI=1S/C18H13Cl3N2O.HNO3/c19-14-3-1-13(2-4-14)11-24-18(10-23-8-7-22-12-23)16-6-5-15(20)9-17(16)21;2-1(3)4/h1-10,12H,11H2;(H,2,3,4)/b18-10-;. The van der Waals surface area contributed by atoms with Gasteiger partial charge in [-0.15, -0.1) is 10.1 Å². The Labute approximate surface area is 175 Å². The summed E-state index contributed by atoms with van der Waals surface area (Å²) in [6.45, 7) is 0.386. The van der Waals surface area contributed by atoms with E-state index in [1.165, 1.54) is 0 Å². The molecule has 7 nitrogen and oxygen atoms in total. The van der Waals surface area contributed by atoms with Gasteiger partial charge in [0.15, 0.2) is 0 Å². The Bertz CT molecular complexity index is 941. The maximum absolute atomic E-state index is 8.36. The summed E-state index contributed by atoms with van der Waals surface area (Å²) in [7, 11) is 0. The highest BCUT2D eigenvalue weighted by Crippen LogP contribution is 2.29. The van der Waals surface area contributed by atoms with E-state index in [2.05, 4.69) is 4.98 Å². The van der Waals surface area contributed by atoms with E-state index in [0.717, 1.165) is 11.1 Å². The first-order valence-electron chi connectivity index (χ1n) is 7.70. The van der Waals surface area contributed by atoms with Crippen molar-refractivity contribution >= 4 is 46.8 Å². The summed E-state index contributed by atoms with van der Waals surface area (Å²) in [6.07, 6.45) is 7.00. The van der Waals surface area contributed by atoms with Gasteiger partial charge in [0.05, 0.1) is 17.5 Å². The second-order valence-corrected chi connectivity index (χ2v) is 6.56. The van der Waals surface area contributed by atoms with Crippen molar-refractivity contribution in [1.82, 2.24) is 9.55 Å². The number of imidazole rings is 1. The van der Waals surface area contributed by atoms with E-state index < -0.39 is 5.09 Å². The van der Waals surface area contributed by atoms with Crippen LogP contribution in [0.1, 0.15) is 11.1 Å². The summed E-state index contributed by atoms with van der Waals surface area (Å²) >= 11 is 18.2. The number of aromatic nitrogens is 2. The molecule has 1 heterocycles. The third-order valence-corrected chi connectivity index (χ3v) is 4.10. The summed E-state index contributed by atoms with van der Waals surface area (Å²) in [4.78, 5) is 12.4. The highest BCUT2D eigenvalue weighted by molar-refractivity contribution is 6.35. The molecule has 0 radical (unpaired) electrons. The quantitative estimate of drug-likeness (QED) is 0.312. The number of hydrogen-bond donors (Lipinski definition) is 1. The van der Waals surface area contributed by atoms with E-state index in [-0.39, 0.29) is 0 Å². The molecule has 1 N–H and O–H groups in total. The van der Waals surface area contributed by atoms with Crippen molar-refractivity contribution in [2.24, 2.45) is 0 Å². The molecule has 0 unspecified atom stereocenters. The first-order chi connectivity index (χ1) is 13.3. The summed E-state index contributed by atoms with van der Waals surface area (Å²) in [5.41, 5.74) is 1.75. The Balaban J connectivity index is 0.000000640. The lowest BCUT2D eigenvalue weighted by molar-refractivity contribution is -0.742. The molecule has 10 heteroatoms. The molecular weight excluding hydrogens is 429 g/mol. The fraction of sp³-hybridized carbons (Fsp3) is 0.0556. The lowest BCUT2D eigenvalue weighted by atomic mass is 10.2. The predicted octanol–water partition coefficient (Wildman–Crippen LogP) is 5.67. The van der Waals surface area contributed by atoms with Crippen LogP contribution in [0.25, 0.3) is 12.0 Å². The Morgan fingerprint density at radius 3 is 2.39 bits per heavy atom.